The van der Waals surface area contributed by atoms with Crippen LogP contribution in [0.1, 0.15) is 0 Å². The second kappa shape index (κ2) is 4.29. The maximum absolute atomic E-state index is 11.5. The minimum absolute atomic E-state index is 0.0290. The molecular weight excluding hydrogens is 266 g/mol. The lowest BCUT2D eigenvalue weighted by atomic mass is 10.1. The van der Waals surface area contributed by atoms with E-state index < -0.39 is 10.6 Å². The highest BCUT2D eigenvalue weighted by molar-refractivity contribution is 7.21. The van der Waals surface area contributed by atoms with Crippen LogP contribution < -0.4 is 5.69 Å². The van der Waals surface area contributed by atoms with Crippen molar-refractivity contribution in [3.05, 3.63) is 57.0 Å². The molecule has 0 saturated carbocycles. The summed E-state index contributed by atoms with van der Waals surface area (Å²) in [6, 6.07) is 10.6. The molecule has 0 aliphatic heterocycles. The highest BCUT2D eigenvalue weighted by atomic mass is 32.1. The Labute approximate surface area is 110 Å². The molecular formula is C12H7N3O3S. The Balaban J connectivity index is 2.35. The first-order valence-electron chi connectivity index (χ1n) is 5.39. The van der Waals surface area contributed by atoms with Gasteiger partial charge in [-0.2, -0.15) is 4.98 Å². The number of benzene rings is 1. The molecule has 2 heterocycles. The molecule has 94 valence electrons. The minimum atomic E-state index is -0.511. The van der Waals surface area contributed by atoms with E-state index in [2.05, 4.69) is 9.97 Å². The number of nitrogens with one attached hydrogen (secondary N) is 1. The fourth-order valence-electron chi connectivity index (χ4n) is 1.85. The largest absolute Gasteiger partial charge is 0.346 e. The van der Waals surface area contributed by atoms with Crippen molar-refractivity contribution >= 4 is 26.6 Å². The van der Waals surface area contributed by atoms with E-state index in [1.54, 1.807) is 0 Å². The molecule has 7 heteroatoms. The number of H-pyrrole nitrogens is 1. The SMILES string of the molecule is O=c1nc2sc([N+](=O)[O-])cc2c(-c2ccccc2)[nH]1. The van der Waals surface area contributed by atoms with Crippen molar-refractivity contribution in [2.24, 2.45) is 0 Å². The number of aromatic nitrogens is 2. The van der Waals surface area contributed by atoms with Gasteiger partial charge < -0.3 is 4.98 Å². The van der Waals surface area contributed by atoms with Gasteiger partial charge >= 0.3 is 10.7 Å². The van der Waals surface area contributed by atoms with E-state index in [9.17, 15) is 14.9 Å². The molecule has 2 aromatic heterocycles. The normalized spacial score (nSPS) is 10.7. The van der Waals surface area contributed by atoms with Crippen molar-refractivity contribution in [3.63, 3.8) is 0 Å². The van der Waals surface area contributed by atoms with Crippen LogP contribution in [0.4, 0.5) is 5.00 Å². The maximum Gasteiger partial charge on any atom is 0.346 e. The Bertz CT molecular complexity index is 823. The van der Waals surface area contributed by atoms with Gasteiger partial charge in [0.2, 0.25) is 0 Å². The van der Waals surface area contributed by atoms with Gasteiger partial charge in [0, 0.05) is 11.5 Å². The van der Waals surface area contributed by atoms with Crippen LogP contribution in [0.15, 0.2) is 41.2 Å². The van der Waals surface area contributed by atoms with E-state index in [4.69, 9.17) is 0 Å². The molecule has 3 aromatic rings. The first-order valence-corrected chi connectivity index (χ1v) is 6.20. The fourth-order valence-corrected chi connectivity index (χ4v) is 2.70. The quantitative estimate of drug-likeness (QED) is 0.574. The number of nitro groups is 1. The second-order valence-corrected chi connectivity index (χ2v) is 4.85. The van der Waals surface area contributed by atoms with Crippen LogP contribution >= 0.6 is 11.3 Å². The second-order valence-electron chi connectivity index (χ2n) is 3.84. The summed E-state index contributed by atoms with van der Waals surface area (Å²) in [6.45, 7) is 0. The molecule has 0 radical (unpaired) electrons. The zero-order valence-electron chi connectivity index (χ0n) is 9.49. The smallest absolute Gasteiger partial charge is 0.305 e. The number of nitrogens with zero attached hydrogens (tertiary/aromatic N) is 2. The molecule has 19 heavy (non-hydrogen) atoms. The molecule has 0 aliphatic rings. The molecule has 0 saturated heterocycles. The molecule has 6 nitrogen and oxygen atoms in total. The van der Waals surface area contributed by atoms with Crippen LogP contribution in [0.3, 0.4) is 0 Å². The van der Waals surface area contributed by atoms with E-state index in [1.165, 1.54) is 6.07 Å². The fraction of sp³-hybridized carbons (Fsp3) is 0. The van der Waals surface area contributed by atoms with Gasteiger partial charge in [-0.15, -0.1) is 0 Å². The Morgan fingerprint density at radius 1 is 1.26 bits per heavy atom. The molecule has 0 spiro atoms. The van der Waals surface area contributed by atoms with Gasteiger partial charge in [-0.1, -0.05) is 30.3 Å². The van der Waals surface area contributed by atoms with Gasteiger partial charge in [0.25, 0.3) is 0 Å². The van der Waals surface area contributed by atoms with E-state index in [-0.39, 0.29) is 5.00 Å². The third-order valence-electron chi connectivity index (χ3n) is 2.65. The summed E-state index contributed by atoms with van der Waals surface area (Å²) < 4.78 is 0. The number of fused-ring (bicyclic) bond motifs is 1. The molecule has 0 fully saturated rings. The summed E-state index contributed by atoms with van der Waals surface area (Å²) in [5.74, 6) is 0. The number of rotatable bonds is 2. The van der Waals surface area contributed by atoms with E-state index in [0.717, 1.165) is 16.9 Å². The monoisotopic (exact) mass is 273 g/mol. The van der Waals surface area contributed by atoms with Gasteiger partial charge in [-0.25, -0.2) is 4.79 Å². The van der Waals surface area contributed by atoms with Crippen molar-refractivity contribution in [1.82, 2.24) is 9.97 Å². The summed E-state index contributed by atoms with van der Waals surface area (Å²) in [6.07, 6.45) is 0. The van der Waals surface area contributed by atoms with Crippen LogP contribution in [-0.4, -0.2) is 14.9 Å². The Hall–Kier alpha value is -2.54. The lowest BCUT2D eigenvalue weighted by Crippen LogP contribution is -2.10. The number of hydrogen-bond donors (Lipinski definition) is 1. The van der Waals surface area contributed by atoms with Crippen LogP contribution in [0.25, 0.3) is 21.5 Å². The first-order chi connectivity index (χ1) is 9.15. The molecule has 3 rings (SSSR count). The molecule has 0 atom stereocenters. The van der Waals surface area contributed by atoms with E-state index >= 15 is 0 Å². The summed E-state index contributed by atoms with van der Waals surface area (Å²) >= 11 is 0.898. The minimum Gasteiger partial charge on any atom is -0.305 e. The predicted octanol–water partition coefficient (Wildman–Crippen LogP) is 2.56. The van der Waals surface area contributed by atoms with Crippen LogP contribution in [0.5, 0.6) is 0 Å². The van der Waals surface area contributed by atoms with Crippen molar-refractivity contribution in [2.45, 2.75) is 0 Å². The van der Waals surface area contributed by atoms with Gasteiger partial charge in [0.15, 0.2) is 0 Å². The van der Waals surface area contributed by atoms with Crippen LogP contribution in [0, 0.1) is 10.1 Å². The number of aromatic amines is 1. The Kier molecular flexibility index (Phi) is 2.60. The first kappa shape index (κ1) is 11.5. The Morgan fingerprint density at radius 3 is 2.68 bits per heavy atom. The van der Waals surface area contributed by atoms with Gasteiger partial charge in [-0.05, 0) is 16.9 Å². The molecule has 1 N–H and O–H groups in total. The number of thiophene rings is 1. The van der Waals surface area contributed by atoms with Crippen LogP contribution in [-0.2, 0) is 0 Å². The van der Waals surface area contributed by atoms with Gasteiger partial charge in [-0.3, -0.25) is 10.1 Å². The average molecular weight is 273 g/mol. The molecule has 0 unspecified atom stereocenters. The third-order valence-corrected chi connectivity index (χ3v) is 3.63. The molecule has 1 aromatic carbocycles. The summed E-state index contributed by atoms with van der Waals surface area (Å²) in [5, 5.41) is 11.4. The van der Waals surface area contributed by atoms with Crippen molar-refractivity contribution in [2.75, 3.05) is 0 Å². The van der Waals surface area contributed by atoms with Crippen LogP contribution in [0.2, 0.25) is 0 Å². The third kappa shape index (κ3) is 2.00. The van der Waals surface area contributed by atoms with Gasteiger partial charge in [0.05, 0.1) is 10.6 Å². The zero-order valence-corrected chi connectivity index (χ0v) is 10.3. The highest BCUT2D eigenvalue weighted by Gasteiger charge is 2.16. The summed E-state index contributed by atoms with van der Waals surface area (Å²) in [7, 11) is 0. The Morgan fingerprint density at radius 2 is 2.00 bits per heavy atom. The van der Waals surface area contributed by atoms with Crippen molar-refractivity contribution in [1.29, 1.82) is 0 Å². The van der Waals surface area contributed by atoms with E-state index in [0.29, 0.717) is 15.9 Å². The van der Waals surface area contributed by atoms with Crippen molar-refractivity contribution < 1.29 is 4.92 Å². The maximum atomic E-state index is 11.5. The topological polar surface area (TPSA) is 88.9 Å². The van der Waals surface area contributed by atoms with E-state index in [1.807, 2.05) is 30.3 Å². The van der Waals surface area contributed by atoms with Crippen molar-refractivity contribution in [3.8, 4) is 11.3 Å². The summed E-state index contributed by atoms with van der Waals surface area (Å²) in [4.78, 5) is 28.6. The lowest BCUT2D eigenvalue weighted by Gasteiger charge is -2.01. The standard InChI is InChI=1S/C12H7N3O3S/c16-12-13-10(7-4-2-1-3-5-7)8-6-9(15(17)18)19-11(8)14-12/h1-6H,(H,13,14,16). The number of hydrogen-bond acceptors (Lipinski definition) is 5. The average Bonchev–Trinajstić information content (AvgIpc) is 2.82. The zero-order chi connectivity index (χ0) is 13.4. The molecule has 0 amide bonds. The van der Waals surface area contributed by atoms with Gasteiger partial charge in [0.1, 0.15) is 4.83 Å². The summed E-state index contributed by atoms with van der Waals surface area (Å²) in [5.41, 5.74) is 0.836. The molecule has 0 aliphatic carbocycles. The predicted molar refractivity (Wildman–Crippen MR) is 72.3 cm³/mol. The highest BCUT2D eigenvalue weighted by Crippen LogP contribution is 2.34. The lowest BCUT2D eigenvalue weighted by molar-refractivity contribution is -0.380. The molecule has 0 bridgehead atoms.